The number of benzene rings is 8. The number of nitrogens with zero attached hydrogens (tertiary/aromatic N) is 4. The maximum absolute atomic E-state index is 7.99. The number of fused-ring (bicyclic) bond motifs is 7. The van der Waals surface area contributed by atoms with Crippen LogP contribution in [0.2, 0.25) is 0 Å². The van der Waals surface area contributed by atoms with Crippen molar-refractivity contribution in [1.82, 2.24) is 15.0 Å². The summed E-state index contributed by atoms with van der Waals surface area (Å²) in [6.45, 7) is 7.99. The molecule has 0 amide bonds. The Kier molecular flexibility index (Phi) is 6.48. The van der Waals surface area contributed by atoms with Crippen LogP contribution in [0.5, 0.6) is 0 Å². The summed E-state index contributed by atoms with van der Waals surface area (Å²) in [5.41, 5.74) is 7.00. The molecule has 10 rings (SSSR count). The summed E-state index contributed by atoms with van der Waals surface area (Å²) in [6.07, 6.45) is 0. The van der Waals surface area contributed by atoms with E-state index < -0.39 is 0 Å². The highest BCUT2D eigenvalue weighted by atomic mass is 16.3. The van der Waals surface area contributed by atoms with E-state index in [1.807, 2.05) is 72.8 Å². The second-order valence-corrected chi connectivity index (χ2v) is 12.6. The zero-order chi connectivity index (χ0) is 33.9. The molecule has 0 saturated heterocycles. The second-order valence-electron chi connectivity index (χ2n) is 12.6. The molecule has 0 radical (unpaired) electrons. The summed E-state index contributed by atoms with van der Waals surface area (Å²) in [5.74, 6) is 1.74. The lowest BCUT2D eigenvalue weighted by atomic mass is 9.88. The van der Waals surface area contributed by atoms with E-state index in [0.717, 1.165) is 82.1 Å². The van der Waals surface area contributed by atoms with Gasteiger partial charge >= 0.3 is 0 Å². The summed E-state index contributed by atoms with van der Waals surface area (Å²) < 4.78 is 6.26. The lowest BCUT2D eigenvalue weighted by Crippen LogP contribution is -2.01. The Morgan fingerprint density at radius 3 is 1.84 bits per heavy atom. The monoisotopic (exact) mass is 650 g/mol. The van der Waals surface area contributed by atoms with Gasteiger partial charge in [0.1, 0.15) is 11.2 Å². The van der Waals surface area contributed by atoms with Gasteiger partial charge in [0, 0.05) is 27.5 Å². The van der Waals surface area contributed by atoms with Gasteiger partial charge in [-0.15, -0.1) is 0 Å². The van der Waals surface area contributed by atoms with Gasteiger partial charge in [0.05, 0.1) is 6.57 Å². The molecule has 0 aliphatic rings. The average molecular weight is 651 g/mol. The predicted octanol–water partition coefficient (Wildman–Crippen LogP) is 12.4. The van der Waals surface area contributed by atoms with Crippen molar-refractivity contribution in [3.63, 3.8) is 0 Å². The first-order valence-corrected chi connectivity index (χ1v) is 16.8. The Morgan fingerprint density at radius 2 is 1.00 bits per heavy atom. The fraction of sp³-hybridized carbons (Fsp3) is 0. The molecular weight excluding hydrogens is 625 g/mol. The van der Waals surface area contributed by atoms with Crippen molar-refractivity contribution in [3.8, 4) is 45.3 Å². The van der Waals surface area contributed by atoms with Gasteiger partial charge in [0.2, 0.25) is 0 Å². The van der Waals surface area contributed by atoms with E-state index in [2.05, 4.69) is 89.8 Å². The zero-order valence-electron chi connectivity index (χ0n) is 27.2. The molecule has 2 heterocycles. The molecule has 5 nitrogen and oxygen atoms in total. The third kappa shape index (κ3) is 4.58. The number of hydrogen-bond donors (Lipinski definition) is 0. The number of furan rings is 1. The van der Waals surface area contributed by atoms with Crippen LogP contribution in [-0.2, 0) is 0 Å². The molecule has 0 fully saturated rings. The van der Waals surface area contributed by atoms with Crippen LogP contribution in [0.25, 0.3) is 104 Å². The van der Waals surface area contributed by atoms with E-state index in [0.29, 0.717) is 23.2 Å². The van der Waals surface area contributed by atoms with E-state index in [-0.39, 0.29) is 0 Å². The van der Waals surface area contributed by atoms with Gasteiger partial charge in [-0.1, -0.05) is 140 Å². The van der Waals surface area contributed by atoms with Crippen molar-refractivity contribution in [2.45, 2.75) is 0 Å². The van der Waals surface area contributed by atoms with Crippen molar-refractivity contribution in [2.75, 3.05) is 0 Å². The average Bonchev–Trinajstić information content (AvgIpc) is 3.59. The second kappa shape index (κ2) is 11.5. The molecule has 0 spiro atoms. The zero-order valence-corrected chi connectivity index (χ0v) is 27.2. The maximum atomic E-state index is 7.99. The first kappa shape index (κ1) is 28.8. The van der Waals surface area contributed by atoms with Crippen LogP contribution in [0.1, 0.15) is 0 Å². The summed E-state index contributed by atoms with van der Waals surface area (Å²) in [7, 11) is 0. The van der Waals surface area contributed by atoms with Crippen molar-refractivity contribution < 1.29 is 4.42 Å². The van der Waals surface area contributed by atoms with Crippen molar-refractivity contribution in [2.24, 2.45) is 0 Å². The number of aromatic nitrogens is 3. The van der Waals surface area contributed by atoms with E-state index in [9.17, 15) is 0 Å². The first-order chi connectivity index (χ1) is 25.2. The van der Waals surface area contributed by atoms with Gasteiger partial charge in [-0.2, -0.15) is 0 Å². The Bertz CT molecular complexity index is 3040. The van der Waals surface area contributed by atoms with Gasteiger partial charge in [-0.05, 0) is 61.6 Å². The number of hydrogen-bond acceptors (Lipinski definition) is 4. The molecular formula is C46H26N4O. The van der Waals surface area contributed by atoms with Crippen LogP contribution in [0.3, 0.4) is 0 Å². The molecule has 0 atom stereocenters. The molecule has 5 heteroatoms. The van der Waals surface area contributed by atoms with E-state index >= 15 is 0 Å². The summed E-state index contributed by atoms with van der Waals surface area (Å²) in [4.78, 5) is 19.5. The molecule has 8 aromatic carbocycles. The van der Waals surface area contributed by atoms with Crippen LogP contribution in [0.4, 0.5) is 5.69 Å². The van der Waals surface area contributed by atoms with Crippen molar-refractivity contribution in [3.05, 3.63) is 169 Å². The minimum Gasteiger partial charge on any atom is -0.456 e. The van der Waals surface area contributed by atoms with Gasteiger partial charge < -0.3 is 4.42 Å². The lowest BCUT2D eigenvalue weighted by molar-refractivity contribution is 0.669. The van der Waals surface area contributed by atoms with E-state index in [1.54, 1.807) is 0 Å². The van der Waals surface area contributed by atoms with E-state index in [4.69, 9.17) is 25.9 Å². The Hall–Kier alpha value is -7.16. The summed E-state index contributed by atoms with van der Waals surface area (Å²) in [5, 5.41) is 8.28. The molecule has 10 aromatic rings. The van der Waals surface area contributed by atoms with Crippen LogP contribution in [0, 0.1) is 6.57 Å². The minimum absolute atomic E-state index is 0.573. The van der Waals surface area contributed by atoms with Gasteiger partial charge in [-0.3, -0.25) is 0 Å². The summed E-state index contributed by atoms with van der Waals surface area (Å²) in [6, 6.07) is 53.4. The fourth-order valence-corrected chi connectivity index (χ4v) is 7.49. The topological polar surface area (TPSA) is 56.2 Å². The molecule has 0 saturated carbocycles. The molecule has 0 unspecified atom stereocenters. The highest BCUT2D eigenvalue weighted by molar-refractivity contribution is 6.21. The molecule has 51 heavy (non-hydrogen) atoms. The Balaban J connectivity index is 1.30. The highest BCUT2D eigenvalue weighted by Gasteiger charge is 2.21. The molecule has 2 aromatic heterocycles. The van der Waals surface area contributed by atoms with Crippen LogP contribution in [0.15, 0.2) is 162 Å². The molecule has 0 aliphatic carbocycles. The van der Waals surface area contributed by atoms with Crippen molar-refractivity contribution >= 4 is 59.9 Å². The molecule has 0 N–H and O–H groups in total. The van der Waals surface area contributed by atoms with E-state index in [1.165, 1.54) is 0 Å². The quantitative estimate of drug-likeness (QED) is 0.140. The Labute approximate surface area is 292 Å². The highest BCUT2D eigenvalue weighted by Crippen LogP contribution is 2.44. The maximum Gasteiger partial charge on any atom is 0.195 e. The van der Waals surface area contributed by atoms with Crippen LogP contribution >= 0.6 is 0 Å². The van der Waals surface area contributed by atoms with Crippen LogP contribution < -0.4 is 0 Å². The van der Waals surface area contributed by atoms with Gasteiger partial charge in [0.15, 0.2) is 23.2 Å². The molecule has 0 aliphatic heterocycles. The third-order valence-electron chi connectivity index (χ3n) is 9.73. The SMILES string of the molecule is [C-]#[N+]c1cccc2cccc(-c3cccc4c(-c5nc(-c6ccccc6)nc(-c6cccc7oc8ccccc8c67)n5)cc5ccccc5c34)c12. The smallest absolute Gasteiger partial charge is 0.195 e. The largest absolute Gasteiger partial charge is 0.456 e. The van der Waals surface area contributed by atoms with Crippen LogP contribution in [-0.4, -0.2) is 15.0 Å². The van der Waals surface area contributed by atoms with Crippen molar-refractivity contribution in [1.29, 1.82) is 0 Å². The Morgan fingerprint density at radius 1 is 0.412 bits per heavy atom. The minimum atomic E-state index is 0.573. The number of rotatable bonds is 4. The third-order valence-corrected chi connectivity index (χ3v) is 9.73. The molecule has 236 valence electrons. The first-order valence-electron chi connectivity index (χ1n) is 16.8. The lowest BCUT2D eigenvalue weighted by Gasteiger charge is -2.17. The van der Waals surface area contributed by atoms with Gasteiger partial charge in [0.25, 0.3) is 0 Å². The fourth-order valence-electron chi connectivity index (χ4n) is 7.49. The summed E-state index contributed by atoms with van der Waals surface area (Å²) >= 11 is 0. The standard InChI is InChI=1S/C46H26N4O/c1-47-38-24-10-17-28-16-9-20-32(41(28)38)33-21-11-22-34-37(27-30-15-5-6-18-31(30)42(33)34)46-49-44(29-13-3-2-4-14-29)48-45(50-46)36-23-12-26-40-43(36)35-19-7-8-25-39(35)51-40/h2-27H. The molecule has 0 bridgehead atoms. The normalized spacial score (nSPS) is 11.5. The number of para-hydroxylation sites is 1. The predicted molar refractivity (Wildman–Crippen MR) is 208 cm³/mol. The van der Waals surface area contributed by atoms with Gasteiger partial charge in [-0.25, -0.2) is 19.8 Å².